The molecular formula is C23H23BrF2NO8PS2. The highest BCUT2D eigenvalue weighted by atomic mass is 79.9. The van der Waals surface area contributed by atoms with E-state index in [-0.39, 0.29) is 38.7 Å². The maximum absolute atomic E-state index is 14.3. The van der Waals surface area contributed by atoms with Gasteiger partial charge in [-0.1, -0.05) is 52.3 Å². The number of methoxy groups -OCH3 is 1. The van der Waals surface area contributed by atoms with E-state index in [1.807, 2.05) is 0 Å². The second kappa shape index (κ2) is 11.1. The van der Waals surface area contributed by atoms with E-state index in [9.17, 15) is 30.2 Å². The van der Waals surface area contributed by atoms with Crippen LogP contribution in [0.25, 0.3) is 0 Å². The van der Waals surface area contributed by atoms with Crippen molar-refractivity contribution in [3.05, 3.63) is 87.9 Å². The summed E-state index contributed by atoms with van der Waals surface area (Å²) in [5, 5.41) is 0. The molecule has 3 aromatic carbocycles. The first-order valence-corrected chi connectivity index (χ1v) is 16.4. The predicted octanol–water partition coefficient (Wildman–Crippen LogP) is 4.48. The molecule has 3 rings (SSSR count). The fourth-order valence-corrected chi connectivity index (χ4v) is 7.04. The minimum Gasteiger partial charge on any atom is -0.495 e. The van der Waals surface area contributed by atoms with Crippen molar-refractivity contribution in [2.24, 2.45) is 0 Å². The van der Waals surface area contributed by atoms with Crippen LogP contribution < -0.4 is 4.74 Å². The molecule has 206 valence electrons. The minimum atomic E-state index is -5.82. The molecular weight excluding hydrogens is 631 g/mol. The maximum Gasteiger partial charge on any atom is 0.399 e. The van der Waals surface area contributed by atoms with Gasteiger partial charge in [-0.3, -0.25) is 4.57 Å². The van der Waals surface area contributed by atoms with Gasteiger partial charge in [-0.05, 0) is 41.5 Å². The topological polar surface area (TPSA) is 138 Å². The first-order chi connectivity index (χ1) is 17.5. The second-order valence-corrected chi connectivity index (χ2v) is 14.7. The van der Waals surface area contributed by atoms with Crippen LogP contribution in [0.4, 0.5) is 8.78 Å². The predicted molar refractivity (Wildman–Crippen MR) is 139 cm³/mol. The summed E-state index contributed by atoms with van der Waals surface area (Å²) >= 11 is 2.91. The molecule has 0 aromatic heterocycles. The Morgan fingerprint density at radius 2 is 1.50 bits per heavy atom. The number of rotatable bonds is 10. The Bertz CT molecular complexity index is 1590. The van der Waals surface area contributed by atoms with Crippen molar-refractivity contribution in [3.8, 4) is 5.75 Å². The van der Waals surface area contributed by atoms with Gasteiger partial charge in [0.15, 0.2) is 9.84 Å². The van der Waals surface area contributed by atoms with Crippen molar-refractivity contribution in [2.75, 3.05) is 13.4 Å². The first-order valence-electron chi connectivity index (χ1n) is 10.6. The van der Waals surface area contributed by atoms with Gasteiger partial charge in [-0.2, -0.15) is 13.1 Å². The van der Waals surface area contributed by atoms with E-state index >= 15 is 0 Å². The van der Waals surface area contributed by atoms with Crippen molar-refractivity contribution < 1.29 is 44.7 Å². The normalized spacial score (nSPS) is 13.1. The molecule has 0 saturated carbocycles. The van der Waals surface area contributed by atoms with Crippen LogP contribution in [0.1, 0.15) is 16.7 Å². The highest BCUT2D eigenvalue weighted by Gasteiger charge is 2.51. The number of ether oxygens (including phenoxy) is 1. The van der Waals surface area contributed by atoms with Gasteiger partial charge >= 0.3 is 13.3 Å². The molecule has 3 aromatic rings. The van der Waals surface area contributed by atoms with Gasteiger partial charge in [0.2, 0.25) is 10.0 Å². The van der Waals surface area contributed by atoms with Gasteiger partial charge in [-0.15, -0.1) is 0 Å². The molecule has 0 atom stereocenters. The van der Waals surface area contributed by atoms with Crippen LogP contribution in [0.15, 0.2) is 81.0 Å². The number of sulfone groups is 1. The van der Waals surface area contributed by atoms with Gasteiger partial charge in [0.05, 0.1) is 12.0 Å². The number of benzene rings is 3. The third kappa shape index (κ3) is 6.50. The lowest BCUT2D eigenvalue weighted by Crippen LogP contribution is -2.30. The van der Waals surface area contributed by atoms with Crippen LogP contribution in [0, 0.1) is 0 Å². The van der Waals surface area contributed by atoms with Crippen LogP contribution >= 0.6 is 23.5 Å². The number of halogens is 3. The SMILES string of the molecule is COc1ccccc1S(=O)(=O)N(Cc1ccc(S(C)(=O)=O)cc1)Cc1ccc(C(F)(F)P(=O)(O)O)c(Br)c1. The monoisotopic (exact) mass is 653 g/mol. The number of hydrogen-bond acceptors (Lipinski definition) is 6. The van der Waals surface area contributed by atoms with E-state index in [1.165, 1.54) is 49.6 Å². The van der Waals surface area contributed by atoms with Crippen molar-refractivity contribution in [1.82, 2.24) is 4.31 Å². The van der Waals surface area contributed by atoms with Crippen molar-refractivity contribution in [2.45, 2.75) is 28.5 Å². The third-order valence-electron chi connectivity index (χ3n) is 5.48. The van der Waals surface area contributed by atoms with Gasteiger partial charge in [-0.25, -0.2) is 16.8 Å². The fraction of sp³-hybridized carbons (Fsp3) is 0.217. The van der Waals surface area contributed by atoms with Crippen molar-refractivity contribution >= 4 is 43.4 Å². The Kier molecular flexibility index (Phi) is 8.89. The van der Waals surface area contributed by atoms with Gasteiger partial charge < -0.3 is 14.5 Å². The lowest BCUT2D eigenvalue weighted by atomic mass is 10.1. The summed E-state index contributed by atoms with van der Waals surface area (Å²) in [6.45, 7) is -0.545. The molecule has 0 aliphatic rings. The van der Waals surface area contributed by atoms with Gasteiger partial charge in [0.25, 0.3) is 0 Å². The molecule has 0 aliphatic heterocycles. The molecule has 38 heavy (non-hydrogen) atoms. The molecule has 0 heterocycles. The van der Waals surface area contributed by atoms with Crippen LogP contribution in [0.2, 0.25) is 0 Å². The number of hydrogen-bond donors (Lipinski definition) is 2. The van der Waals surface area contributed by atoms with E-state index in [1.54, 1.807) is 6.07 Å². The second-order valence-electron chi connectivity index (χ2n) is 8.24. The zero-order valence-corrected chi connectivity index (χ0v) is 24.1. The average Bonchev–Trinajstić information content (AvgIpc) is 2.82. The molecule has 0 bridgehead atoms. The lowest BCUT2D eigenvalue weighted by Gasteiger charge is -2.24. The first kappa shape index (κ1) is 30.4. The minimum absolute atomic E-state index is 0.0471. The zero-order valence-electron chi connectivity index (χ0n) is 20.0. The Morgan fingerprint density at radius 1 is 0.947 bits per heavy atom. The molecule has 0 fully saturated rings. The van der Waals surface area contributed by atoms with E-state index in [2.05, 4.69) is 15.9 Å². The number of nitrogens with zero attached hydrogens (tertiary/aromatic N) is 1. The standard InChI is InChI=1S/C23H23BrF2NO8PS2/c1-35-21-5-3-4-6-22(21)38(33,34)27(14-16-7-10-18(11-8-16)37(2,31)32)15-17-9-12-19(20(24)13-17)23(25,26)36(28,29)30/h3-13H,14-15H2,1-2H3,(H2,28,29,30). The Hall–Kier alpha value is -2.19. The van der Waals surface area contributed by atoms with Crippen LogP contribution in [-0.2, 0) is 43.2 Å². The van der Waals surface area contributed by atoms with Crippen LogP contribution in [-0.4, -0.2) is 44.3 Å². The maximum atomic E-state index is 14.3. The largest absolute Gasteiger partial charge is 0.495 e. The molecule has 0 spiro atoms. The van der Waals surface area contributed by atoms with Crippen molar-refractivity contribution in [1.29, 1.82) is 0 Å². The summed E-state index contributed by atoms with van der Waals surface area (Å²) in [5.41, 5.74) is -4.74. The Balaban J connectivity index is 2.06. The fourth-order valence-electron chi connectivity index (χ4n) is 3.50. The van der Waals surface area contributed by atoms with E-state index in [0.717, 1.165) is 28.8 Å². The molecule has 0 amide bonds. The third-order valence-corrected chi connectivity index (χ3v) is 10.1. The summed E-state index contributed by atoms with van der Waals surface area (Å²) in [5.74, 6) is 0.0720. The molecule has 15 heteroatoms. The summed E-state index contributed by atoms with van der Waals surface area (Å²) in [7, 11) is -12.2. The zero-order chi connectivity index (χ0) is 28.5. The summed E-state index contributed by atoms with van der Waals surface area (Å²) in [4.78, 5) is 18.0. The van der Waals surface area contributed by atoms with Crippen LogP contribution in [0.5, 0.6) is 5.75 Å². The van der Waals surface area contributed by atoms with E-state index in [0.29, 0.717) is 5.56 Å². The lowest BCUT2D eigenvalue weighted by molar-refractivity contribution is 0.0557. The Morgan fingerprint density at radius 3 is 2.03 bits per heavy atom. The average molecular weight is 654 g/mol. The number of sulfonamides is 1. The molecule has 2 N–H and O–H groups in total. The number of para-hydroxylation sites is 1. The molecule has 0 saturated heterocycles. The summed E-state index contributed by atoms with van der Waals surface area (Å²) in [6.07, 6.45) is 1.04. The summed E-state index contributed by atoms with van der Waals surface area (Å²) in [6, 6.07) is 14.6. The van der Waals surface area contributed by atoms with Gasteiger partial charge in [0, 0.05) is 29.4 Å². The number of alkyl halides is 2. The van der Waals surface area contributed by atoms with Crippen LogP contribution in [0.3, 0.4) is 0 Å². The molecule has 0 radical (unpaired) electrons. The highest BCUT2D eigenvalue weighted by molar-refractivity contribution is 9.10. The van der Waals surface area contributed by atoms with E-state index in [4.69, 9.17) is 14.5 Å². The summed E-state index contributed by atoms with van der Waals surface area (Å²) < 4.78 is 96.7. The molecule has 9 nitrogen and oxygen atoms in total. The quantitative estimate of drug-likeness (QED) is 0.306. The molecule has 0 aliphatic carbocycles. The Labute approximate surface area is 227 Å². The van der Waals surface area contributed by atoms with E-state index < -0.39 is 38.7 Å². The highest BCUT2D eigenvalue weighted by Crippen LogP contribution is 2.60. The smallest absolute Gasteiger partial charge is 0.399 e. The molecule has 0 unspecified atom stereocenters. The van der Waals surface area contributed by atoms with Crippen molar-refractivity contribution in [3.63, 3.8) is 0 Å². The van der Waals surface area contributed by atoms with Gasteiger partial charge in [0.1, 0.15) is 10.6 Å².